The first-order valence-corrected chi connectivity index (χ1v) is 9.86. The highest BCUT2D eigenvalue weighted by Crippen LogP contribution is 2.38. The van der Waals surface area contributed by atoms with E-state index in [0.29, 0.717) is 0 Å². The van der Waals surface area contributed by atoms with Gasteiger partial charge >= 0.3 is 0 Å². The second-order valence-corrected chi connectivity index (χ2v) is 7.29. The van der Waals surface area contributed by atoms with E-state index in [1.165, 1.54) is 70.6 Å². The Morgan fingerprint density at radius 1 is 1.00 bits per heavy atom. The van der Waals surface area contributed by atoms with Crippen molar-refractivity contribution in [1.82, 2.24) is 10.2 Å². The van der Waals surface area contributed by atoms with Crippen molar-refractivity contribution in [3.63, 3.8) is 0 Å². The normalized spacial score (nSPS) is 24.0. The van der Waals surface area contributed by atoms with Gasteiger partial charge in [-0.1, -0.05) is 70.6 Å². The molecule has 1 N–H and O–H groups in total. The summed E-state index contributed by atoms with van der Waals surface area (Å²) in [4.78, 5) is 2.19. The standard InChI is InChI=1S/C14H26N2.C7H10/c1-3-4-5-6-7-8-9-10-12-16-13-11-15-14(16)2;1-2-7-4-3-6(1)5-7/h11,13,15H,2-10,12H2,1H3;1-2,6-7H,3-5H2. The molecule has 3 rings (SSSR count). The van der Waals surface area contributed by atoms with E-state index < -0.39 is 0 Å². The molecule has 0 radical (unpaired) electrons. The number of unbranched alkanes of at least 4 members (excludes halogenated alkanes) is 7. The van der Waals surface area contributed by atoms with Crippen molar-refractivity contribution < 1.29 is 0 Å². The third-order valence-corrected chi connectivity index (χ3v) is 5.27. The summed E-state index contributed by atoms with van der Waals surface area (Å²) in [5, 5.41) is 3.10. The molecule has 1 saturated carbocycles. The fourth-order valence-electron chi connectivity index (χ4n) is 3.74. The van der Waals surface area contributed by atoms with Crippen LogP contribution in [0.5, 0.6) is 0 Å². The lowest BCUT2D eigenvalue weighted by Crippen LogP contribution is -2.18. The molecule has 1 heterocycles. The first kappa shape index (κ1) is 18.2. The molecule has 3 aliphatic rings. The van der Waals surface area contributed by atoms with Gasteiger partial charge < -0.3 is 10.2 Å². The first-order valence-electron chi connectivity index (χ1n) is 9.86. The number of rotatable bonds is 9. The molecule has 130 valence electrons. The van der Waals surface area contributed by atoms with Crippen LogP contribution in [0.4, 0.5) is 0 Å². The van der Waals surface area contributed by atoms with E-state index in [1.54, 1.807) is 0 Å². The van der Waals surface area contributed by atoms with Gasteiger partial charge in [0.15, 0.2) is 0 Å². The maximum atomic E-state index is 3.94. The topological polar surface area (TPSA) is 15.3 Å². The van der Waals surface area contributed by atoms with E-state index in [4.69, 9.17) is 0 Å². The summed E-state index contributed by atoms with van der Waals surface area (Å²) >= 11 is 0. The lowest BCUT2D eigenvalue weighted by Gasteiger charge is -2.16. The molecular formula is C21H36N2. The molecule has 2 aliphatic carbocycles. The SMILES string of the molecule is C1=CC2CCC1C2.C=C1NC=CN1CCCCCCCCCC. The van der Waals surface area contributed by atoms with E-state index in [1.807, 2.05) is 6.20 Å². The molecule has 0 saturated heterocycles. The molecule has 2 heteroatoms. The Bertz CT molecular complexity index is 385. The highest BCUT2D eigenvalue weighted by Gasteiger charge is 2.25. The average molecular weight is 317 g/mol. The van der Waals surface area contributed by atoms with E-state index in [2.05, 4.69) is 42.1 Å². The number of nitrogens with one attached hydrogen (secondary N) is 1. The number of fused-ring (bicyclic) bond motifs is 2. The molecule has 0 spiro atoms. The van der Waals surface area contributed by atoms with Crippen LogP contribution in [0.3, 0.4) is 0 Å². The first-order chi connectivity index (χ1) is 11.3. The van der Waals surface area contributed by atoms with Crippen LogP contribution < -0.4 is 5.32 Å². The fraction of sp³-hybridized carbons (Fsp3) is 0.714. The van der Waals surface area contributed by atoms with Gasteiger partial charge in [-0.15, -0.1) is 0 Å². The van der Waals surface area contributed by atoms with Crippen molar-refractivity contribution >= 4 is 0 Å². The molecule has 2 bridgehead atoms. The van der Waals surface area contributed by atoms with Crippen LogP contribution >= 0.6 is 0 Å². The summed E-state index contributed by atoms with van der Waals surface area (Å²) in [5.74, 6) is 3.00. The number of hydrogen-bond donors (Lipinski definition) is 1. The Morgan fingerprint density at radius 3 is 2.04 bits per heavy atom. The van der Waals surface area contributed by atoms with Gasteiger partial charge in [-0.3, -0.25) is 0 Å². The van der Waals surface area contributed by atoms with Crippen molar-refractivity contribution in [1.29, 1.82) is 0 Å². The van der Waals surface area contributed by atoms with Gasteiger partial charge in [0, 0.05) is 18.9 Å². The summed E-state index contributed by atoms with van der Waals surface area (Å²) in [6.07, 6.45) is 24.2. The van der Waals surface area contributed by atoms with Gasteiger partial charge in [0.2, 0.25) is 0 Å². The summed E-state index contributed by atoms with van der Waals surface area (Å²) in [5.41, 5.74) is 0. The highest BCUT2D eigenvalue weighted by molar-refractivity contribution is 5.08. The predicted octanol–water partition coefficient (Wildman–Crippen LogP) is 5.95. The Labute approximate surface area is 143 Å². The van der Waals surface area contributed by atoms with Crippen LogP contribution in [0.2, 0.25) is 0 Å². The third-order valence-electron chi connectivity index (χ3n) is 5.27. The molecule has 0 aromatic heterocycles. The molecule has 0 amide bonds. The van der Waals surface area contributed by atoms with Crippen LogP contribution in [0.1, 0.15) is 77.6 Å². The second-order valence-electron chi connectivity index (χ2n) is 7.29. The molecule has 0 aromatic rings. The summed E-state index contributed by atoms with van der Waals surface area (Å²) in [7, 11) is 0. The Hall–Kier alpha value is -1.18. The van der Waals surface area contributed by atoms with Crippen molar-refractivity contribution in [2.75, 3.05) is 6.54 Å². The Morgan fingerprint density at radius 2 is 1.61 bits per heavy atom. The molecule has 1 aliphatic heterocycles. The largest absolute Gasteiger partial charge is 0.347 e. The van der Waals surface area contributed by atoms with Crippen molar-refractivity contribution in [3.05, 3.63) is 37.0 Å². The van der Waals surface area contributed by atoms with Crippen LogP contribution in [0.15, 0.2) is 37.0 Å². The van der Waals surface area contributed by atoms with Crippen molar-refractivity contribution in [2.24, 2.45) is 11.8 Å². The lowest BCUT2D eigenvalue weighted by molar-refractivity contribution is 0.439. The molecule has 2 nitrogen and oxygen atoms in total. The van der Waals surface area contributed by atoms with Crippen LogP contribution in [-0.4, -0.2) is 11.4 Å². The van der Waals surface area contributed by atoms with Crippen LogP contribution in [0, 0.1) is 11.8 Å². The van der Waals surface area contributed by atoms with E-state index in [0.717, 1.165) is 24.2 Å². The summed E-state index contributed by atoms with van der Waals surface area (Å²) < 4.78 is 0. The van der Waals surface area contributed by atoms with Gasteiger partial charge in [0.05, 0.1) is 0 Å². The molecular weight excluding hydrogens is 280 g/mol. The monoisotopic (exact) mass is 316 g/mol. The number of allylic oxidation sites excluding steroid dienone is 2. The predicted molar refractivity (Wildman–Crippen MR) is 101 cm³/mol. The van der Waals surface area contributed by atoms with Crippen molar-refractivity contribution in [3.8, 4) is 0 Å². The molecule has 0 aromatic carbocycles. The lowest BCUT2D eigenvalue weighted by atomic mass is 10.1. The summed E-state index contributed by atoms with van der Waals surface area (Å²) in [6, 6.07) is 0. The zero-order chi connectivity index (χ0) is 16.3. The van der Waals surface area contributed by atoms with Gasteiger partial charge in [-0.05, 0) is 37.5 Å². The van der Waals surface area contributed by atoms with Crippen molar-refractivity contribution in [2.45, 2.75) is 77.6 Å². The van der Waals surface area contributed by atoms with Crippen LogP contribution in [0.25, 0.3) is 0 Å². The number of nitrogens with zero attached hydrogens (tertiary/aromatic N) is 1. The van der Waals surface area contributed by atoms with Crippen LogP contribution in [-0.2, 0) is 0 Å². The molecule has 2 unspecified atom stereocenters. The average Bonchev–Trinajstić information content (AvgIpc) is 3.29. The Kier molecular flexibility index (Phi) is 8.35. The fourth-order valence-corrected chi connectivity index (χ4v) is 3.74. The van der Waals surface area contributed by atoms with E-state index in [-0.39, 0.29) is 0 Å². The maximum absolute atomic E-state index is 3.94. The Balaban J connectivity index is 0.000000223. The molecule has 2 atom stereocenters. The van der Waals surface area contributed by atoms with Gasteiger partial charge in [0.1, 0.15) is 5.82 Å². The number of hydrogen-bond acceptors (Lipinski definition) is 2. The smallest absolute Gasteiger partial charge is 0.102 e. The maximum Gasteiger partial charge on any atom is 0.102 e. The molecule has 23 heavy (non-hydrogen) atoms. The quantitative estimate of drug-likeness (QED) is 0.418. The third kappa shape index (κ3) is 6.85. The van der Waals surface area contributed by atoms with Gasteiger partial charge in [0.25, 0.3) is 0 Å². The zero-order valence-corrected chi connectivity index (χ0v) is 15.1. The minimum Gasteiger partial charge on any atom is -0.347 e. The van der Waals surface area contributed by atoms with E-state index in [9.17, 15) is 0 Å². The summed E-state index contributed by atoms with van der Waals surface area (Å²) in [6.45, 7) is 7.31. The van der Waals surface area contributed by atoms with Gasteiger partial charge in [-0.2, -0.15) is 0 Å². The highest BCUT2D eigenvalue weighted by atomic mass is 15.3. The van der Waals surface area contributed by atoms with E-state index >= 15 is 0 Å². The minimum absolute atomic E-state index is 0.991. The minimum atomic E-state index is 0.991. The zero-order valence-electron chi connectivity index (χ0n) is 15.1. The second kappa shape index (κ2) is 10.6. The molecule has 1 fully saturated rings. The van der Waals surface area contributed by atoms with Gasteiger partial charge in [-0.25, -0.2) is 0 Å².